The lowest BCUT2D eigenvalue weighted by atomic mass is 9.91. The lowest BCUT2D eigenvalue weighted by molar-refractivity contribution is 0.555. The molecule has 0 bridgehead atoms. The predicted octanol–water partition coefficient (Wildman–Crippen LogP) is 7.66. The molecule has 1 saturated heterocycles. The van der Waals surface area contributed by atoms with Gasteiger partial charge in [-0.3, -0.25) is 0 Å². The Hall–Kier alpha value is -2.02. The van der Waals surface area contributed by atoms with Crippen LogP contribution in [0.1, 0.15) is 43.2 Å². The Balaban J connectivity index is 1.91. The summed E-state index contributed by atoms with van der Waals surface area (Å²) < 4.78 is 83.1. The van der Waals surface area contributed by atoms with E-state index in [2.05, 4.69) is 6.92 Å². The second-order valence-electron chi connectivity index (χ2n) is 7.64. The summed E-state index contributed by atoms with van der Waals surface area (Å²) in [6.45, 7) is 2.17. The molecule has 0 aromatic heterocycles. The summed E-state index contributed by atoms with van der Waals surface area (Å²) in [7, 11) is -0.732. The summed E-state index contributed by atoms with van der Waals surface area (Å²) in [6, 6.07) is 7.23. The molecule has 0 atom stereocenters. The summed E-state index contributed by atoms with van der Waals surface area (Å²) in [5, 5.41) is 0. The first-order chi connectivity index (χ1) is 13.8. The second kappa shape index (κ2) is 9.20. The highest BCUT2D eigenvalue weighted by Gasteiger charge is 2.26. The van der Waals surface area contributed by atoms with Crippen molar-refractivity contribution in [2.75, 3.05) is 0 Å². The molecule has 1 heterocycles. The Morgan fingerprint density at radius 1 is 0.966 bits per heavy atom. The van der Waals surface area contributed by atoms with Crippen LogP contribution in [0.3, 0.4) is 0 Å². The van der Waals surface area contributed by atoms with Gasteiger partial charge in [-0.1, -0.05) is 31.5 Å². The Morgan fingerprint density at radius 3 is 2.00 bits per heavy atom. The van der Waals surface area contributed by atoms with Crippen molar-refractivity contribution in [3.8, 4) is 11.1 Å². The van der Waals surface area contributed by atoms with Gasteiger partial charge >= 0.3 is 0 Å². The normalized spacial score (nSPS) is 20.2. The van der Waals surface area contributed by atoms with Crippen molar-refractivity contribution in [1.82, 2.24) is 0 Å². The molecular weight excluding hydrogens is 406 g/mol. The molecule has 29 heavy (non-hydrogen) atoms. The maximum Gasteiger partial charge on any atom is 0.164 e. The fourth-order valence-corrected chi connectivity index (χ4v) is 7.73. The number of hydrogen-bond donors (Lipinski definition) is 0. The highest BCUT2D eigenvalue weighted by atomic mass is 28.3. The average Bonchev–Trinajstić information content (AvgIpc) is 2.67. The van der Waals surface area contributed by atoms with Gasteiger partial charge < -0.3 is 0 Å². The number of rotatable bonds is 5. The minimum atomic E-state index is -1.73. The quantitative estimate of drug-likeness (QED) is 0.339. The smallest absolute Gasteiger partial charge is 0.164 e. The van der Waals surface area contributed by atoms with E-state index in [1.54, 1.807) is 0 Å². The van der Waals surface area contributed by atoms with Crippen LogP contribution in [0, 0.1) is 23.3 Å². The van der Waals surface area contributed by atoms with Crippen LogP contribution in [-0.4, -0.2) is 8.80 Å². The highest BCUT2D eigenvalue weighted by Crippen LogP contribution is 2.38. The molecular formula is C22H22F6Si. The topological polar surface area (TPSA) is 0 Å². The summed E-state index contributed by atoms with van der Waals surface area (Å²) >= 11 is 0. The molecule has 1 aliphatic heterocycles. The molecule has 0 N–H and O–H groups in total. The molecule has 1 fully saturated rings. The summed E-state index contributed by atoms with van der Waals surface area (Å²) in [6.07, 6.45) is 2.41. The van der Waals surface area contributed by atoms with Crippen LogP contribution in [0.4, 0.5) is 26.3 Å². The highest BCUT2D eigenvalue weighted by molar-refractivity contribution is 6.59. The lowest BCUT2D eigenvalue weighted by Gasteiger charge is -2.28. The van der Waals surface area contributed by atoms with Gasteiger partial charge in [-0.25, -0.2) is 26.3 Å². The van der Waals surface area contributed by atoms with Gasteiger partial charge in [-0.2, -0.15) is 0 Å². The molecule has 156 valence electrons. The Bertz CT molecular complexity index is 870. The molecule has 0 nitrogen and oxygen atoms in total. The molecule has 0 spiro atoms. The molecule has 0 aliphatic carbocycles. The van der Waals surface area contributed by atoms with Crippen molar-refractivity contribution in [3.05, 3.63) is 65.0 Å². The number of halogens is 6. The minimum Gasteiger partial charge on any atom is -0.212 e. The van der Waals surface area contributed by atoms with Gasteiger partial charge in [-0.05, 0) is 54.2 Å². The summed E-state index contributed by atoms with van der Waals surface area (Å²) in [5.41, 5.74) is -1.65. The van der Waals surface area contributed by atoms with Gasteiger partial charge in [0, 0.05) is 8.80 Å². The zero-order valence-electron chi connectivity index (χ0n) is 16.1. The number of hydrogen-bond acceptors (Lipinski definition) is 0. The van der Waals surface area contributed by atoms with Gasteiger partial charge in [0.25, 0.3) is 0 Å². The first kappa shape index (κ1) is 21.7. The predicted molar refractivity (Wildman–Crippen MR) is 106 cm³/mol. The summed E-state index contributed by atoms with van der Waals surface area (Å²) in [5.74, 6) is -6.39. The third-order valence-corrected chi connectivity index (χ3v) is 9.44. The Labute approximate surface area is 167 Å². The maximum absolute atomic E-state index is 14.7. The van der Waals surface area contributed by atoms with Crippen molar-refractivity contribution < 1.29 is 26.3 Å². The zero-order valence-corrected chi connectivity index (χ0v) is 17.2. The van der Waals surface area contributed by atoms with Gasteiger partial charge in [0.15, 0.2) is 5.83 Å². The van der Waals surface area contributed by atoms with Crippen molar-refractivity contribution in [2.24, 2.45) is 0 Å². The van der Waals surface area contributed by atoms with E-state index in [4.69, 9.17) is 0 Å². The number of benzene rings is 2. The Morgan fingerprint density at radius 2 is 1.52 bits per heavy atom. The standard InChI is InChI=1S/C22H22F6Si/c1-2-5-29-6-3-13(4-7-29)14-8-16(24)21(17(25)9-14)15-10-18(26)22(19(27)11-15)20(28)12-23/h8-13,29H,2-7H2,1H3/b20-12-. The maximum atomic E-state index is 14.7. The van der Waals surface area contributed by atoms with E-state index in [-0.39, 0.29) is 5.92 Å². The Kier molecular flexibility index (Phi) is 6.88. The largest absolute Gasteiger partial charge is 0.212 e. The van der Waals surface area contributed by atoms with Crippen LogP contribution in [-0.2, 0) is 0 Å². The van der Waals surface area contributed by atoms with E-state index >= 15 is 0 Å². The van der Waals surface area contributed by atoms with E-state index in [1.165, 1.54) is 24.6 Å². The molecule has 2 aromatic rings. The van der Waals surface area contributed by atoms with Crippen LogP contribution in [0.5, 0.6) is 0 Å². The van der Waals surface area contributed by atoms with Crippen LogP contribution in [0.25, 0.3) is 17.0 Å². The average molecular weight is 428 g/mol. The van der Waals surface area contributed by atoms with E-state index < -0.39 is 60.9 Å². The molecule has 1 aliphatic rings. The third-order valence-electron chi connectivity index (χ3n) is 5.74. The first-order valence-corrected chi connectivity index (χ1v) is 12.2. The fourth-order valence-electron chi connectivity index (χ4n) is 4.30. The molecule has 2 aromatic carbocycles. The van der Waals surface area contributed by atoms with Crippen LogP contribution >= 0.6 is 0 Å². The molecule has 0 unspecified atom stereocenters. The van der Waals surface area contributed by atoms with E-state index in [1.807, 2.05) is 0 Å². The first-order valence-electron chi connectivity index (χ1n) is 9.80. The second-order valence-corrected chi connectivity index (χ2v) is 11.1. The van der Waals surface area contributed by atoms with Crippen LogP contribution in [0.2, 0.25) is 18.1 Å². The van der Waals surface area contributed by atoms with Gasteiger partial charge in [0.05, 0.1) is 11.1 Å². The molecule has 0 radical (unpaired) electrons. The third kappa shape index (κ3) is 4.60. The van der Waals surface area contributed by atoms with Crippen LogP contribution in [0.15, 0.2) is 30.6 Å². The SMILES string of the molecule is CCC[SiH]1CCC(c2cc(F)c(-c3cc(F)c(/C(F)=C/F)c(F)c3)c(F)c2)CC1. The zero-order chi connectivity index (χ0) is 21.1. The molecule has 0 saturated carbocycles. The lowest BCUT2D eigenvalue weighted by Crippen LogP contribution is -2.20. The van der Waals surface area contributed by atoms with E-state index in [0.29, 0.717) is 17.7 Å². The minimum absolute atomic E-state index is 0.0771. The molecule has 0 amide bonds. The van der Waals surface area contributed by atoms with Crippen molar-refractivity contribution in [2.45, 2.75) is 50.2 Å². The van der Waals surface area contributed by atoms with Crippen LogP contribution < -0.4 is 0 Å². The monoisotopic (exact) mass is 428 g/mol. The molecule has 7 heteroatoms. The molecule has 3 rings (SSSR count). The van der Waals surface area contributed by atoms with Gasteiger partial charge in [0.1, 0.15) is 29.6 Å². The van der Waals surface area contributed by atoms with E-state index in [0.717, 1.165) is 24.9 Å². The van der Waals surface area contributed by atoms with Crippen molar-refractivity contribution >= 4 is 14.6 Å². The van der Waals surface area contributed by atoms with Crippen molar-refractivity contribution in [1.29, 1.82) is 0 Å². The van der Waals surface area contributed by atoms with Gasteiger partial charge in [-0.15, -0.1) is 0 Å². The fraction of sp³-hybridized carbons (Fsp3) is 0.364. The summed E-state index contributed by atoms with van der Waals surface area (Å²) in [4.78, 5) is 0. The van der Waals surface area contributed by atoms with Crippen molar-refractivity contribution in [3.63, 3.8) is 0 Å². The van der Waals surface area contributed by atoms with Gasteiger partial charge in [0.2, 0.25) is 0 Å². The van der Waals surface area contributed by atoms with E-state index in [9.17, 15) is 26.3 Å².